The van der Waals surface area contributed by atoms with E-state index in [9.17, 15) is 4.79 Å². The molecule has 1 N–H and O–H groups in total. The molecule has 0 spiro atoms. The lowest BCUT2D eigenvalue weighted by molar-refractivity contribution is -0.121. The highest BCUT2D eigenvalue weighted by Crippen LogP contribution is 2.14. The highest BCUT2D eigenvalue weighted by Gasteiger charge is 2.04. The largest absolute Gasteiger partial charge is 0.330 e. The lowest BCUT2D eigenvalue weighted by Gasteiger charge is -2.05. The predicted molar refractivity (Wildman–Crippen MR) is 101 cm³/mol. The van der Waals surface area contributed by atoms with Gasteiger partial charge < -0.3 is 4.57 Å². The second-order valence-corrected chi connectivity index (χ2v) is 6.29. The lowest BCUT2D eigenvalue weighted by Crippen LogP contribution is -2.19. The van der Waals surface area contributed by atoms with Crippen LogP contribution in [0.25, 0.3) is 11.0 Å². The van der Waals surface area contributed by atoms with Gasteiger partial charge in [-0.1, -0.05) is 50.2 Å². The normalized spacial score (nSPS) is 11.5. The van der Waals surface area contributed by atoms with E-state index in [1.165, 1.54) is 5.56 Å². The van der Waals surface area contributed by atoms with E-state index in [4.69, 9.17) is 0 Å². The third kappa shape index (κ3) is 4.32. The van der Waals surface area contributed by atoms with E-state index in [1.807, 2.05) is 41.0 Å². The van der Waals surface area contributed by atoms with Crippen molar-refractivity contribution in [3.8, 4) is 0 Å². The van der Waals surface area contributed by atoms with Crippen molar-refractivity contribution in [1.29, 1.82) is 0 Å². The van der Waals surface area contributed by atoms with Crippen molar-refractivity contribution in [2.75, 3.05) is 0 Å². The number of rotatable bonds is 6. The van der Waals surface area contributed by atoms with Crippen molar-refractivity contribution in [2.24, 2.45) is 5.10 Å². The summed E-state index contributed by atoms with van der Waals surface area (Å²) in [4.78, 5) is 16.3. The molecule has 2 aromatic carbocycles. The predicted octanol–water partition coefficient (Wildman–Crippen LogP) is 3.70. The van der Waals surface area contributed by atoms with Crippen LogP contribution in [0, 0.1) is 0 Å². The second-order valence-electron chi connectivity index (χ2n) is 6.29. The fourth-order valence-electron chi connectivity index (χ4n) is 2.61. The molecule has 0 radical (unpaired) electrons. The van der Waals surface area contributed by atoms with Gasteiger partial charge in [0.05, 0.1) is 23.6 Å². The van der Waals surface area contributed by atoms with Crippen LogP contribution in [0.3, 0.4) is 0 Å². The number of amides is 1. The van der Waals surface area contributed by atoms with Gasteiger partial charge >= 0.3 is 0 Å². The van der Waals surface area contributed by atoms with E-state index >= 15 is 0 Å². The van der Waals surface area contributed by atoms with Gasteiger partial charge in [-0.2, -0.15) is 5.10 Å². The average Bonchev–Trinajstić information content (AvgIpc) is 3.03. The Morgan fingerprint density at radius 1 is 1.20 bits per heavy atom. The Balaban J connectivity index is 1.51. The van der Waals surface area contributed by atoms with Crippen molar-refractivity contribution in [1.82, 2.24) is 15.0 Å². The molecule has 3 rings (SSSR count). The number of benzene rings is 2. The molecule has 1 heterocycles. The van der Waals surface area contributed by atoms with Gasteiger partial charge in [0.15, 0.2) is 0 Å². The molecule has 128 valence electrons. The molecule has 0 saturated carbocycles. The van der Waals surface area contributed by atoms with Crippen LogP contribution < -0.4 is 5.43 Å². The zero-order chi connectivity index (χ0) is 17.6. The Bertz CT molecular complexity index is 878. The maximum atomic E-state index is 11.9. The number of aryl methyl sites for hydroxylation is 1. The molecule has 0 aliphatic rings. The fourth-order valence-corrected chi connectivity index (χ4v) is 2.61. The van der Waals surface area contributed by atoms with Crippen molar-refractivity contribution < 1.29 is 4.79 Å². The quantitative estimate of drug-likeness (QED) is 0.552. The maximum Gasteiger partial charge on any atom is 0.241 e. The molecule has 0 saturated heterocycles. The SMILES string of the molecule is CC(C)c1ccc(/C=N/NC(=O)CCn2cnc3ccccc32)cc1. The molecule has 5 nitrogen and oxygen atoms in total. The maximum absolute atomic E-state index is 11.9. The van der Waals surface area contributed by atoms with Crippen molar-refractivity contribution in [2.45, 2.75) is 32.7 Å². The first-order chi connectivity index (χ1) is 12.1. The summed E-state index contributed by atoms with van der Waals surface area (Å²) in [5.41, 5.74) is 6.79. The zero-order valence-electron chi connectivity index (χ0n) is 14.5. The number of hydrogen-bond acceptors (Lipinski definition) is 3. The molecule has 25 heavy (non-hydrogen) atoms. The van der Waals surface area contributed by atoms with Crippen molar-refractivity contribution >= 4 is 23.2 Å². The third-order valence-electron chi connectivity index (χ3n) is 4.11. The Morgan fingerprint density at radius 2 is 1.96 bits per heavy atom. The van der Waals surface area contributed by atoms with Crippen LogP contribution in [0.5, 0.6) is 0 Å². The van der Waals surface area contributed by atoms with Crippen LogP contribution in [-0.4, -0.2) is 21.7 Å². The molecular formula is C20H22N4O. The van der Waals surface area contributed by atoms with Gasteiger partial charge in [-0.3, -0.25) is 4.79 Å². The standard InChI is InChI=1S/C20H22N4O/c1-15(2)17-9-7-16(8-10-17)13-22-23-20(25)11-12-24-14-21-18-5-3-4-6-19(18)24/h3-10,13-15H,11-12H2,1-2H3,(H,23,25)/b22-13+. The van der Waals surface area contributed by atoms with E-state index in [1.54, 1.807) is 12.5 Å². The summed E-state index contributed by atoms with van der Waals surface area (Å²) >= 11 is 0. The molecule has 1 amide bonds. The average molecular weight is 334 g/mol. The summed E-state index contributed by atoms with van der Waals surface area (Å²) in [5, 5.41) is 4.03. The number of nitrogens with zero attached hydrogens (tertiary/aromatic N) is 3. The number of nitrogens with one attached hydrogen (secondary N) is 1. The summed E-state index contributed by atoms with van der Waals surface area (Å²) in [7, 11) is 0. The number of imidazole rings is 1. The third-order valence-corrected chi connectivity index (χ3v) is 4.11. The van der Waals surface area contributed by atoms with Crippen molar-refractivity contribution in [3.63, 3.8) is 0 Å². The van der Waals surface area contributed by atoms with E-state index in [-0.39, 0.29) is 5.91 Å². The smallest absolute Gasteiger partial charge is 0.241 e. The van der Waals surface area contributed by atoms with E-state index in [2.05, 4.69) is 41.5 Å². The molecule has 5 heteroatoms. The summed E-state index contributed by atoms with van der Waals surface area (Å²) in [5.74, 6) is 0.387. The molecule has 3 aromatic rings. The minimum absolute atomic E-state index is 0.118. The van der Waals surface area contributed by atoms with E-state index < -0.39 is 0 Å². The summed E-state index contributed by atoms with van der Waals surface area (Å²) < 4.78 is 1.98. The fraction of sp³-hybridized carbons (Fsp3) is 0.250. The van der Waals surface area contributed by atoms with Crippen LogP contribution in [0.4, 0.5) is 0 Å². The van der Waals surface area contributed by atoms with E-state index in [0.29, 0.717) is 18.9 Å². The summed E-state index contributed by atoms with van der Waals surface area (Å²) in [6.45, 7) is 4.89. The number of carbonyl (C=O) groups is 1. The highest BCUT2D eigenvalue weighted by atomic mass is 16.2. The van der Waals surface area contributed by atoms with Crippen LogP contribution >= 0.6 is 0 Å². The van der Waals surface area contributed by atoms with Gasteiger partial charge in [0.1, 0.15) is 0 Å². The number of hydrazone groups is 1. The summed E-state index contributed by atoms with van der Waals surface area (Å²) in [6, 6.07) is 16.0. The zero-order valence-corrected chi connectivity index (χ0v) is 14.5. The van der Waals surface area contributed by atoms with Gasteiger partial charge in [0.25, 0.3) is 0 Å². The monoisotopic (exact) mass is 334 g/mol. The summed E-state index contributed by atoms with van der Waals surface area (Å²) in [6.07, 6.45) is 3.77. The molecule has 0 bridgehead atoms. The van der Waals surface area contributed by atoms with Gasteiger partial charge in [-0.15, -0.1) is 0 Å². The first kappa shape index (κ1) is 16.9. The van der Waals surface area contributed by atoms with Crippen LogP contribution in [0.2, 0.25) is 0 Å². The molecule has 0 aliphatic heterocycles. The Kier molecular flexibility index (Phi) is 5.23. The van der Waals surface area contributed by atoms with Gasteiger partial charge in [-0.05, 0) is 29.2 Å². The van der Waals surface area contributed by atoms with Gasteiger partial charge in [-0.25, -0.2) is 10.4 Å². The molecule has 0 atom stereocenters. The highest BCUT2D eigenvalue weighted by molar-refractivity contribution is 5.82. The van der Waals surface area contributed by atoms with E-state index in [0.717, 1.165) is 16.6 Å². The Hall–Kier alpha value is -2.95. The first-order valence-corrected chi connectivity index (χ1v) is 8.45. The Labute approximate surface area is 147 Å². The Morgan fingerprint density at radius 3 is 2.72 bits per heavy atom. The first-order valence-electron chi connectivity index (χ1n) is 8.45. The molecular weight excluding hydrogens is 312 g/mol. The van der Waals surface area contributed by atoms with Gasteiger partial charge in [0, 0.05) is 13.0 Å². The number of aromatic nitrogens is 2. The lowest BCUT2D eigenvalue weighted by atomic mass is 10.0. The minimum atomic E-state index is -0.118. The van der Waals surface area contributed by atoms with Gasteiger partial charge in [0.2, 0.25) is 5.91 Å². The molecule has 0 unspecified atom stereocenters. The number of para-hydroxylation sites is 2. The number of fused-ring (bicyclic) bond motifs is 1. The van der Waals surface area contributed by atoms with Crippen LogP contribution in [-0.2, 0) is 11.3 Å². The van der Waals surface area contributed by atoms with Crippen LogP contribution in [0.15, 0.2) is 60.0 Å². The molecule has 0 fully saturated rings. The number of hydrogen-bond donors (Lipinski definition) is 1. The van der Waals surface area contributed by atoms with Crippen LogP contribution in [0.1, 0.15) is 37.3 Å². The topological polar surface area (TPSA) is 59.3 Å². The molecule has 0 aliphatic carbocycles. The minimum Gasteiger partial charge on any atom is -0.330 e. The van der Waals surface area contributed by atoms with Crippen molar-refractivity contribution in [3.05, 3.63) is 66.0 Å². The number of carbonyl (C=O) groups excluding carboxylic acids is 1. The second kappa shape index (κ2) is 7.75. The molecule has 1 aromatic heterocycles.